The van der Waals surface area contributed by atoms with Gasteiger partial charge in [-0.05, 0) is 24.1 Å². The molecule has 1 saturated carbocycles. The summed E-state index contributed by atoms with van der Waals surface area (Å²) in [6, 6.07) is 7.28. The number of aliphatic imine (C=N–C) groups is 1. The summed E-state index contributed by atoms with van der Waals surface area (Å²) in [6.07, 6.45) is 1.11. The summed E-state index contributed by atoms with van der Waals surface area (Å²) in [5, 5.41) is 3.45. The maximum atomic E-state index is 12.8. The average molecular weight is 361 g/mol. The molecule has 2 aliphatic rings. The Bertz CT molecular complexity index is 446. The van der Waals surface area contributed by atoms with Gasteiger partial charge in [0.2, 0.25) is 0 Å². The van der Waals surface area contributed by atoms with E-state index in [4.69, 9.17) is 0 Å². The fourth-order valence-corrected chi connectivity index (χ4v) is 2.29. The van der Waals surface area contributed by atoms with Gasteiger partial charge in [-0.25, -0.2) is 4.39 Å². The summed E-state index contributed by atoms with van der Waals surface area (Å²) in [7, 11) is 2.05. The SMILES string of the molecule is CN1CCN=C1N[C@@H]1C[C@H]1c1ccc(F)cc1.I. The second-order valence-electron chi connectivity index (χ2n) is 4.77. The standard InChI is InChI=1S/C13H16FN3.HI/c1-17-7-6-15-13(17)16-12-8-11(12)9-2-4-10(14)5-3-9;/h2-5,11-12H,6-8H2,1H3,(H,15,16);1H/t11-,12+;/m0./s1. The van der Waals surface area contributed by atoms with Crippen LogP contribution < -0.4 is 5.32 Å². The molecule has 18 heavy (non-hydrogen) atoms. The van der Waals surface area contributed by atoms with Crippen LogP contribution in [-0.2, 0) is 0 Å². The van der Waals surface area contributed by atoms with E-state index in [1.54, 1.807) is 0 Å². The van der Waals surface area contributed by atoms with Crippen molar-refractivity contribution >= 4 is 29.9 Å². The van der Waals surface area contributed by atoms with Crippen LogP contribution in [0.1, 0.15) is 17.9 Å². The van der Waals surface area contributed by atoms with E-state index in [0.717, 1.165) is 25.5 Å². The van der Waals surface area contributed by atoms with E-state index >= 15 is 0 Å². The lowest BCUT2D eigenvalue weighted by atomic mass is 10.1. The molecule has 3 nitrogen and oxygen atoms in total. The van der Waals surface area contributed by atoms with Crippen LogP contribution in [0.4, 0.5) is 4.39 Å². The van der Waals surface area contributed by atoms with Crippen LogP contribution in [0.15, 0.2) is 29.3 Å². The Labute approximate surface area is 123 Å². The zero-order valence-corrected chi connectivity index (χ0v) is 12.6. The lowest BCUT2D eigenvalue weighted by Gasteiger charge is -2.15. The number of rotatable bonds is 2. The number of hydrogen-bond acceptors (Lipinski definition) is 3. The van der Waals surface area contributed by atoms with Gasteiger partial charge < -0.3 is 10.2 Å². The van der Waals surface area contributed by atoms with Crippen LogP contribution in [0, 0.1) is 5.82 Å². The van der Waals surface area contributed by atoms with Gasteiger partial charge in [-0.15, -0.1) is 24.0 Å². The van der Waals surface area contributed by atoms with Crippen molar-refractivity contribution < 1.29 is 4.39 Å². The van der Waals surface area contributed by atoms with E-state index in [1.807, 2.05) is 19.2 Å². The first-order valence-corrected chi connectivity index (χ1v) is 6.01. The predicted octanol–water partition coefficient (Wildman–Crippen LogP) is 2.19. The number of halogens is 2. The fourth-order valence-electron chi connectivity index (χ4n) is 2.29. The molecule has 0 bridgehead atoms. The highest BCUT2D eigenvalue weighted by Gasteiger charge is 2.39. The molecular formula is C13H17FIN3. The lowest BCUT2D eigenvalue weighted by molar-refractivity contribution is 0.532. The summed E-state index contributed by atoms with van der Waals surface area (Å²) < 4.78 is 12.8. The van der Waals surface area contributed by atoms with Gasteiger partial charge >= 0.3 is 0 Å². The molecule has 3 rings (SSSR count). The highest BCUT2D eigenvalue weighted by Crippen LogP contribution is 2.40. The Kier molecular flexibility index (Phi) is 4.09. The number of likely N-dealkylation sites (N-methyl/N-ethyl adjacent to an activating group) is 1. The van der Waals surface area contributed by atoms with Gasteiger partial charge in [-0.3, -0.25) is 4.99 Å². The zero-order chi connectivity index (χ0) is 11.8. The molecular weight excluding hydrogens is 344 g/mol. The van der Waals surface area contributed by atoms with E-state index in [9.17, 15) is 4.39 Å². The molecule has 5 heteroatoms. The van der Waals surface area contributed by atoms with Gasteiger partial charge in [0.1, 0.15) is 5.82 Å². The zero-order valence-electron chi connectivity index (χ0n) is 10.3. The molecule has 1 aliphatic carbocycles. The topological polar surface area (TPSA) is 27.6 Å². The molecule has 98 valence electrons. The Morgan fingerprint density at radius 2 is 2.06 bits per heavy atom. The normalized spacial score (nSPS) is 25.4. The smallest absolute Gasteiger partial charge is 0.194 e. The number of hydrogen-bond donors (Lipinski definition) is 1. The first-order valence-electron chi connectivity index (χ1n) is 6.01. The molecule has 1 aliphatic heterocycles. The summed E-state index contributed by atoms with van der Waals surface area (Å²) in [5.41, 5.74) is 1.21. The minimum absolute atomic E-state index is 0. The third-order valence-corrected chi connectivity index (χ3v) is 3.46. The fraction of sp³-hybridized carbons (Fsp3) is 0.462. The second kappa shape index (κ2) is 5.42. The summed E-state index contributed by atoms with van der Waals surface area (Å²) in [4.78, 5) is 6.55. The predicted molar refractivity (Wildman–Crippen MR) is 81.0 cm³/mol. The van der Waals surface area contributed by atoms with E-state index in [-0.39, 0.29) is 29.8 Å². The highest BCUT2D eigenvalue weighted by atomic mass is 127. The Morgan fingerprint density at radius 3 is 2.67 bits per heavy atom. The Morgan fingerprint density at radius 1 is 1.33 bits per heavy atom. The van der Waals surface area contributed by atoms with Crippen molar-refractivity contribution in [3.63, 3.8) is 0 Å². The van der Waals surface area contributed by atoms with Gasteiger partial charge in [0.15, 0.2) is 5.96 Å². The molecule has 1 fully saturated rings. The molecule has 0 saturated heterocycles. The molecule has 1 heterocycles. The van der Waals surface area contributed by atoms with Gasteiger partial charge in [-0.2, -0.15) is 0 Å². The third-order valence-electron chi connectivity index (χ3n) is 3.46. The molecule has 0 radical (unpaired) electrons. The molecule has 0 unspecified atom stereocenters. The van der Waals surface area contributed by atoms with E-state index in [2.05, 4.69) is 15.2 Å². The summed E-state index contributed by atoms with van der Waals surface area (Å²) >= 11 is 0. The first-order chi connectivity index (χ1) is 8.24. The molecule has 1 N–H and O–H groups in total. The maximum Gasteiger partial charge on any atom is 0.194 e. The van der Waals surface area contributed by atoms with Crippen molar-refractivity contribution in [3.8, 4) is 0 Å². The minimum Gasteiger partial charge on any atom is -0.353 e. The number of guanidine groups is 1. The van der Waals surface area contributed by atoms with Crippen LogP contribution in [-0.4, -0.2) is 37.0 Å². The van der Waals surface area contributed by atoms with Crippen molar-refractivity contribution in [3.05, 3.63) is 35.6 Å². The average Bonchev–Trinajstić information content (AvgIpc) is 2.97. The molecule has 0 spiro atoms. The first kappa shape index (κ1) is 13.6. The maximum absolute atomic E-state index is 12.8. The Balaban J connectivity index is 0.00000120. The lowest BCUT2D eigenvalue weighted by Crippen LogP contribution is -2.37. The van der Waals surface area contributed by atoms with Gasteiger partial charge in [0.05, 0.1) is 6.54 Å². The largest absolute Gasteiger partial charge is 0.353 e. The van der Waals surface area contributed by atoms with Crippen molar-refractivity contribution in [1.29, 1.82) is 0 Å². The van der Waals surface area contributed by atoms with Crippen LogP contribution in [0.2, 0.25) is 0 Å². The molecule has 1 aromatic carbocycles. The van der Waals surface area contributed by atoms with E-state index in [0.29, 0.717) is 12.0 Å². The van der Waals surface area contributed by atoms with Crippen molar-refractivity contribution in [2.45, 2.75) is 18.4 Å². The van der Waals surface area contributed by atoms with Crippen molar-refractivity contribution in [2.24, 2.45) is 4.99 Å². The quantitative estimate of drug-likeness (QED) is 0.818. The van der Waals surface area contributed by atoms with Gasteiger partial charge in [0, 0.05) is 25.6 Å². The van der Waals surface area contributed by atoms with E-state index in [1.165, 1.54) is 17.7 Å². The van der Waals surface area contributed by atoms with Gasteiger partial charge in [-0.1, -0.05) is 12.1 Å². The molecule has 0 amide bonds. The molecule has 1 aromatic rings. The van der Waals surface area contributed by atoms with Crippen LogP contribution in [0.5, 0.6) is 0 Å². The second-order valence-corrected chi connectivity index (χ2v) is 4.77. The van der Waals surface area contributed by atoms with Gasteiger partial charge in [0.25, 0.3) is 0 Å². The summed E-state index contributed by atoms with van der Waals surface area (Å²) in [6.45, 7) is 1.88. The van der Waals surface area contributed by atoms with Crippen LogP contribution in [0.3, 0.4) is 0 Å². The molecule has 2 atom stereocenters. The van der Waals surface area contributed by atoms with Crippen molar-refractivity contribution in [1.82, 2.24) is 10.2 Å². The number of benzene rings is 1. The monoisotopic (exact) mass is 361 g/mol. The Hall–Kier alpha value is -0.850. The van der Waals surface area contributed by atoms with E-state index < -0.39 is 0 Å². The summed E-state index contributed by atoms with van der Waals surface area (Å²) in [5.74, 6) is 1.34. The van der Waals surface area contributed by atoms with Crippen LogP contribution in [0.25, 0.3) is 0 Å². The number of nitrogens with zero attached hydrogens (tertiary/aromatic N) is 2. The third kappa shape index (κ3) is 2.76. The molecule has 0 aromatic heterocycles. The van der Waals surface area contributed by atoms with Crippen LogP contribution >= 0.6 is 24.0 Å². The number of nitrogens with one attached hydrogen (secondary N) is 1. The van der Waals surface area contributed by atoms with Crippen molar-refractivity contribution in [2.75, 3.05) is 20.1 Å². The minimum atomic E-state index is -0.168. The highest BCUT2D eigenvalue weighted by molar-refractivity contribution is 14.0.